The highest BCUT2D eigenvalue weighted by Crippen LogP contribution is 2.38. The number of hydrogen-bond acceptors (Lipinski definition) is 4. The van der Waals surface area contributed by atoms with E-state index in [9.17, 15) is 20.1 Å². The van der Waals surface area contributed by atoms with Gasteiger partial charge in [-0.2, -0.15) is 0 Å². The molecule has 0 aromatic heterocycles. The minimum Gasteiger partial charge on any atom is -0.481 e. The van der Waals surface area contributed by atoms with Crippen molar-refractivity contribution >= 4 is 5.97 Å². The van der Waals surface area contributed by atoms with Crippen molar-refractivity contribution in [2.75, 3.05) is 0 Å². The first-order valence-electron chi connectivity index (χ1n) is 10.4. The van der Waals surface area contributed by atoms with E-state index in [2.05, 4.69) is 12.1 Å². The van der Waals surface area contributed by atoms with Crippen LogP contribution in [0, 0.1) is 11.8 Å². The Morgan fingerprint density at radius 3 is 2.50 bits per heavy atom. The standard InChI is InChI=1S/C23H34O5/c24-18(13-12-17-8-4-3-5-9-17)14-15-20-19(21(25)16-22(20)26)10-6-1-2-7-11-23(27)28/h1,3-6,8-9,18-22,24-26H,2,7,10-16H2,(H,27,28)/b6-1-/t18?,19-,20-,21+,22-/m1/s1. The van der Waals surface area contributed by atoms with Crippen molar-refractivity contribution in [3.63, 3.8) is 0 Å². The molecule has 1 aliphatic carbocycles. The van der Waals surface area contributed by atoms with Gasteiger partial charge in [-0.3, -0.25) is 4.79 Å². The maximum absolute atomic E-state index is 10.5. The summed E-state index contributed by atoms with van der Waals surface area (Å²) in [6.45, 7) is 0. The molecule has 0 heterocycles. The van der Waals surface area contributed by atoms with Crippen molar-refractivity contribution in [1.29, 1.82) is 0 Å². The molecule has 4 N–H and O–H groups in total. The predicted octanol–water partition coefficient (Wildman–Crippen LogP) is 3.32. The Bertz CT molecular complexity index is 600. The molecule has 1 saturated carbocycles. The summed E-state index contributed by atoms with van der Waals surface area (Å²) in [6, 6.07) is 10.1. The van der Waals surface area contributed by atoms with Crippen LogP contribution in [-0.2, 0) is 11.2 Å². The fourth-order valence-electron chi connectivity index (χ4n) is 4.16. The Kier molecular flexibility index (Phi) is 9.68. The van der Waals surface area contributed by atoms with Gasteiger partial charge in [-0.25, -0.2) is 0 Å². The summed E-state index contributed by atoms with van der Waals surface area (Å²) in [5.74, 6) is -0.800. The Hall–Kier alpha value is -1.69. The van der Waals surface area contributed by atoms with Crippen LogP contribution in [0.1, 0.15) is 56.9 Å². The van der Waals surface area contributed by atoms with E-state index in [0.29, 0.717) is 44.9 Å². The number of carboxylic acid groups (broad SMARTS) is 1. The Labute approximate surface area is 167 Å². The fourth-order valence-corrected chi connectivity index (χ4v) is 4.16. The van der Waals surface area contributed by atoms with Gasteiger partial charge < -0.3 is 20.4 Å². The van der Waals surface area contributed by atoms with E-state index < -0.39 is 24.3 Å². The second kappa shape index (κ2) is 12.0. The molecule has 0 amide bonds. The highest BCUT2D eigenvalue weighted by atomic mass is 16.4. The molecule has 1 unspecified atom stereocenters. The second-order valence-electron chi connectivity index (χ2n) is 7.95. The van der Waals surface area contributed by atoms with Crippen LogP contribution in [0.5, 0.6) is 0 Å². The van der Waals surface area contributed by atoms with Gasteiger partial charge in [0.2, 0.25) is 0 Å². The van der Waals surface area contributed by atoms with Gasteiger partial charge in [0.05, 0.1) is 18.3 Å². The third-order valence-electron chi connectivity index (χ3n) is 5.80. The second-order valence-corrected chi connectivity index (χ2v) is 7.95. The monoisotopic (exact) mass is 390 g/mol. The lowest BCUT2D eigenvalue weighted by Gasteiger charge is -2.23. The topological polar surface area (TPSA) is 98.0 Å². The smallest absolute Gasteiger partial charge is 0.303 e. The summed E-state index contributed by atoms with van der Waals surface area (Å²) < 4.78 is 0. The molecule has 5 atom stereocenters. The molecule has 5 heteroatoms. The molecule has 1 aromatic rings. The highest BCUT2D eigenvalue weighted by Gasteiger charge is 2.40. The van der Waals surface area contributed by atoms with Crippen molar-refractivity contribution in [3.05, 3.63) is 48.0 Å². The molecule has 0 saturated heterocycles. The number of hydrogen-bond donors (Lipinski definition) is 4. The number of allylic oxidation sites excluding steroid dienone is 2. The maximum atomic E-state index is 10.5. The number of aryl methyl sites for hydroxylation is 1. The van der Waals surface area contributed by atoms with Crippen LogP contribution in [0.3, 0.4) is 0 Å². The summed E-state index contributed by atoms with van der Waals surface area (Å²) in [5.41, 5.74) is 1.21. The van der Waals surface area contributed by atoms with E-state index in [-0.39, 0.29) is 18.3 Å². The third-order valence-corrected chi connectivity index (χ3v) is 5.80. The predicted molar refractivity (Wildman–Crippen MR) is 109 cm³/mol. The summed E-state index contributed by atoms with van der Waals surface area (Å²) in [5, 5.41) is 39.6. The Balaban J connectivity index is 1.74. The van der Waals surface area contributed by atoms with Crippen LogP contribution in [0.4, 0.5) is 0 Å². The SMILES string of the molecule is O=C(O)CCC/C=C\C[C@@H]1[C@@H](CCC(O)CCc2ccccc2)[C@H](O)C[C@@H]1O. The quantitative estimate of drug-likeness (QED) is 0.324. The summed E-state index contributed by atoms with van der Waals surface area (Å²) in [4.78, 5) is 10.5. The molecule has 1 aliphatic rings. The van der Waals surface area contributed by atoms with Gasteiger partial charge in [-0.15, -0.1) is 0 Å². The first-order valence-corrected chi connectivity index (χ1v) is 10.4. The minimum atomic E-state index is -0.784. The number of rotatable bonds is 12. The molecule has 0 radical (unpaired) electrons. The molecule has 5 nitrogen and oxygen atoms in total. The van der Waals surface area contributed by atoms with Crippen LogP contribution in [-0.4, -0.2) is 44.7 Å². The zero-order chi connectivity index (χ0) is 20.4. The maximum Gasteiger partial charge on any atom is 0.303 e. The molecule has 1 aromatic carbocycles. The van der Waals surface area contributed by atoms with E-state index in [1.807, 2.05) is 30.4 Å². The van der Waals surface area contributed by atoms with Gasteiger partial charge in [0.25, 0.3) is 0 Å². The van der Waals surface area contributed by atoms with Crippen molar-refractivity contribution < 1.29 is 25.2 Å². The average molecular weight is 391 g/mol. The molecule has 1 fully saturated rings. The number of aliphatic hydroxyl groups is 3. The van der Waals surface area contributed by atoms with Crippen LogP contribution in [0.15, 0.2) is 42.5 Å². The average Bonchev–Trinajstić information content (AvgIpc) is 2.94. The van der Waals surface area contributed by atoms with Crippen molar-refractivity contribution in [1.82, 2.24) is 0 Å². The van der Waals surface area contributed by atoms with Crippen LogP contribution >= 0.6 is 0 Å². The van der Waals surface area contributed by atoms with E-state index in [0.717, 1.165) is 6.42 Å². The van der Waals surface area contributed by atoms with Crippen molar-refractivity contribution in [3.8, 4) is 0 Å². The number of carboxylic acids is 1. The fraction of sp³-hybridized carbons (Fsp3) is 0.609. The summed E-state index contributed by atoms with van der Waals surface area (Å²) in [7, 11) is 0. The van der Waals surface area contributed by atoms with E-state index in [1.165, 1.54) is 5.56 Å². The lowest BCUT2D eigenvalue weighted by Crippen LogP contribution is -2.23. The molecule has 0 spiro atoms. The normalized spacial score (nSPS) is 26.0. The van der Waals surface area contributed by atoms with Gasteiger partial charge in [-0.1, -0.05) is 42.5 Å². The summed E-state index contributed by atoms with van der Waals surface area (Å²) >= 11 is 0. The summed E-state index contributed by atoms with van der Waals surface area (Å²) in [6.07, 6.45) is 7.91. The molecular weight excluding hydrogens is 356 g/mol. The minimum absolute atomic E-state index is 0.00736. The zero-order valence-corrected chi connectivity index (χ0v) is 16.5. The van der Waals surface area contributed by atoms with Gasteiger partial charge in [0, 0.05) is 6.42 Å². The molecule has 156 valence electrons. The zero-order valence-electron chi connectivity index (χ0n) is 16.5. The lowest BCUT2D eigenvalue weighted by molar-refractivity contribution is -0.137. The Morgan fingerprint density at radius 1 is 1.07 bits per heavy atom. The van der Waals surface area contributed by atoms with E-state index in [4.69, 9.17) is 5.11 Å². The first-order chi connectivity index (χ1) is 13.5. The van der Waals surface area contributed by atoms with Crippen LogP contribution < -0.4 is 0 Å². The van der Waals surface area contributed by atoms with E-state index >= 15 is 0 Å². The molecule has 28 heavy (non-hydrogen) atoms. The number of carbonyl (C=O) groups is 1. The number of aliphatic hydroxyl groups excluding tert-OH is 3. The van der Waals surface area contributed by atoms with Gasteiger partial charge >= 0.3 is 5.97 Å². The largest absolute Gasteiger partial charge is 0.481 e. The van der Waals surface area contributed by atoms with Crippen molar-refractivity contribution in [2.24, 2.45) is 11.8 Å². The van der Waals surface area contributed by atoms with Gasteiger partial charge in [-0.05, 0) is 68.8 Å². The number of aliphatic carboxylic acids is 1. The third kappa shape index (κ3) is 7.74. The molecule has 0 bridgehead atoms. The highest BCUT2D eigenvalue weighted by molar-refractivity contribution is 5.66. The molecular formula is C23H34O5. The number of unbranched alkanes of at least 4 members (excludes halogenated alkanes) is 1. The number of benzene rings is 1. The van der Waals surface area contributed by atoms with Crippen LogP contribution in [0.25, 0.3) is 0 Å². The van der Waals surface area contributed by atoms with Crippen LogP contribution in [0.2, 0.25) is 0 Å². The Morgan fingerprint density at radius 2 is 1.79 bits per heavy atom. The first kappa shape index (κ1) is 22.6. The van der Waals surface area contributed by atoms with Crippen molar-refractivity contribution in [2.45, 2.75) is 76.1 Å². The van der Waals surface area contributed by atoms with Gasteiger partial charge in [0.15, 0.2) is 0 Å². The van der Waals surface area contributed by atoms with Gasteiger partial charge in [0.1, 0.15) is 0 Å². The van der Waals surface area contributed by atoms with E-state index in [1.54, 1.807) is 0 Å². The lowest BCUT2D eigenvalue weighted by atomic mass is 9.85. The molecule has 0 aliphatic heterocycles. The molecule has 2 rings (SSSR count).